The normalized spacial score (nSPS) is 12.1. The summed E-state index contributed by atoms with van der Waals surface area (Å²) in [5, 5.41) is 20.4. The molecule has 0 saturated carbocycles. The van der Waals surface area contributed by atoms with E-state index in [1.807, 2.05) is 0 Å². The van der Waals surface area contributed by atoms with Crippen molar-refractivity contribution in [1.29, 1.82) is 0 Å². The zero-order chi connectivity index (χ0) is 10.6. The van der Waals surface area contributed by atoms with E-state index < -0.39 is 12.2 Å². The highest BCUT2D eigenvalue weighted by atomic mass is 35.5. The summed E-state index contributed by atoms with van der Waals surface area (Å²) in [6.07, 6.45) is -2.09. The highest BCUT2D eigenvalue weighted by Crippen LogP contribution is 2.21. The maximum Gasteiger partial charge on any atom is 0.404 e. The molecule has 3 N–H and O–H groups in total. The fourth-order valence-corrected chi connectivity index (χ4v) is 1.30. The van der Waals surface area contributed by atoms with Crippen molar-refractivity contribution in [3.05, 3.63) is 34.9 Å². The van der Waals surface area contributed by atoms with Crippen LogP contribution < -0.4 is 5.32 Å². The summed E-state index contributed by atoms with van der Waals surface area (Å²) in [6, 6.07) is 6.76. The standard InChI is InChI=1S/C9H10ClNO3/c10-7-4-2-1-3-6(7)8(12)5-11-9(13)14/h1-4,8,11-12H,5H2,(H,13,14)/t8-/m0/s1. The van der Waals surface area contributed by atoms with Crippen molar-refractivity contribution in [3.8, 4) is 0 Å². The van der Waals surface area contributed by atoms with Crippen molar-refractivity contribution in [2.24, 2.45) is 0 Å². The smallest absolute Gasteiger partial charge is 0.404 e. The number of carbonyl (C=O) groups is 1. The maximum atomic E-state index is 10.2. The lowest BCUT2D eigenvalue weighted by atomic mass is 10.1. The van der Waals surface area contributed by atoms with Crippen LogP contribution in [0.25, 0.3) is 0 Å². The second kappa shape index (κ2) is 4.83. The van der Waals surface area contributed by atoms with Gasteiger partial charge in [-0.1, -0.05) is 29.8 Å². The molecule has 0 aliphatic rings. The summed E-state index contributed by atoms with van der Waals surface area (Å²) >= 11 is 5.80. The van der Waals surface area contributed by atoms with Gasteiger partial charge in [-0.2, -0.15) is 0 Å². The van der Waals surface area contributed by atoms with Gasteiger partial charge in [-0.15, -0.1) is 0 Å². The van der Waals surface area contributed by atoms with Crippen LogP contribution in [-0.4, -0.2) is 22.9 Å². The van der Waals surface area contributed by atoms with Gasteiger partial charge in [0.1, 0.15) is 0 Å². The fraction of sp³-hybridized carbons (Fsp3) is 0.222. The predicted molar refractivity (Wildman–Crippen MR) is 52.4 cm³/mol. The molecule has 0 fully saturated rings. The first-order valence-electron chi connectivity index (χ1n) is 4.00. The number of hydrogen-bond acceptors (Lipinski definition) is 2. The summed E-state index contributed by atoms with van der Waals surface area (Å²) in [7, 11) is 0. The van der Waals surface area contributed by atoms with Crippen LogP contribution in [0.4, 0.5) is 4.79 Å². The molecule has 5 heteroatoms. The number of nitrogens with one attached hydrogen (secondary N) is 1. The molecule has 0 aliphatic heterocycles. The Morgan fingerprint density at radius 2 is 2.14 bits per heavy atom. The molecule has 1 amide bonds. The molecule has 0 bridgehead atoms. The van der Waals surface area contributed by atoms with Gasteiger partial charge in [-0.05, 0) is 6.07 Å². The van der Waals surface area contributed by atoms with Crippen molar-refractivity contribution in [1.82, 2.24) is 5.32 Å². The van der Waals surface area contributed by atoms with E-state index in [1.54, 1.807) is 24.3 Å². The third-order valence-electron chi connectivity index (χ3n) is 1.71. The molecule has 1 aromatic rings. The predicted octanol–water partition coefficient (Wildman–Crippen LogP) is 1.64. The molecule has 76 valence electrons. The first-order valence-corrected chi connectivity index (χ1v) is 4.38. The molecule has 1 rings (SSSR count). The number of aliphatic hydroxyl groups excluding tert-OH is 1. The fourth-order valence-electron chi connectivity index (χ4n) is 1.04. The number of hydrogen-bond donors (Lipinski definition) is 3. The average Bonchev–Trinajstić information content (AvgIpc) is 2.15. The van der Waals surface area contributed by atoms with Crippen molar-refractivity contribution >= 4 is 17.7 Å². The van der Waals surface area contributed by atoms with Crippen LogP contribution in [0, 0.1) is 0 Å². The highest BCUT2D eigenvalue weighted by Gasteiger charge is 2.11. The molecule has 0 heterocycles. The van der Waals surface area contributed by atoms with Crippen LogP contribution in [-0.2, 0) is 0 Å². The molecule has 0 aromatic heterocycles. The third kappa shape index (κ3) is 2.90. The topological polar surface area (TPSA) is 69.6 Å². The lowest BCUT2D eigenvalue weighted by Crippen LogP contribution is -2.26. The molecular weight excluding hydrogens is 206 g/mol. The van der Waals surface area contributed by atoms with Gasteiger partial charge in [0.2, 0.25) is 0 Å². The molecule has 0 spiro atoms. The summed E-state index contributed by atoms with van der Waals surface area (Å²) in [5.41, 5.74) is 0.517. The molecular formula is C9H10ClNO3. The lowest BCUT2D eigenvalue weighted by Gasteiger charge is -2.11. The number of carboxylic acid groups (broad SMARTS) is 1. The van der Waals surface area contributed by atoms with Gasteiger partial charge in [-0.25, -0.2) is 4.79 Å². The van der Waals surface area contributed by atoms with Gasteiger partial charge in [0.05, 0.1) is 12.6 Å². The molecule has 0 radical (unpaired) electrons. The quantitative estimate of drug-likeness (QED) is 0.718. The zero-order valence-electron chi connectivity index (χ0n) is 7.27. The van der Waals surface area contributed by atoms with Gasteiger partial charge in [0, 0.05) is 10.6 Å². The van der Waals surface area contributed by atoms with Crippen LogP contribution in [0.2, 0.25) is 5.02 Å². The number of rotatable bonds is 3. The Balaban J connectivity index is 2.65. The van der Waals surface area contributed by atoms with Crippen LogP contribution >= 0.6 is 11.6 Å². The van der Waals surface area contributed by atoms with Gasteiger partial charge < -0.3 is 15.5 Å². The molecule has 1 aromatic carbocycles. The molecule has 0 unspecified atom stereocenters. The Labute approximate surface area is 86.1 Å². The minimum Gasteiger partial charge on any atom is -0.465 e. The van der Waals surface area contributed by atoms with Crippen molar-refractivity contribution in [2.75, 3.05) is 6.54 Å². The summed E-state index contributed by atoms with van der Waals surface area (Å²) in [4.78, 5) is 10.2. The SMILES string of the molecule is O=C(O)NC[C@H](O)c1ccccc1Cl. The van der Waals surface area contributed by atoms with Gasteiger partial charge in [-0.3, -0.25) is 0 Å². The van der Waals surface area contributed by atoms with E-state index in [9.17, 15) is 9.90 Å². The average molecular weight is 216 g/mol. The summed E-state index contributed by atoms with van der Waals surface area (Å²) < 4.78 is 0. The second-order valence-corrected chi connectivity index (χ2v) is 3.13. The van der Waals surface area contributed by atoms with Crippen LogP contribution in [0.15, 0.2) is 24.3 Å². The second-order valence-electron chi connectivity index (χ2n) is 2.72. The molecule has 0 aliphatic carbocycles. The zero-order valence-corrected chi connectivity index (χ0v) is 8.03. The Hall–Kier alpha value is -1.26. The monoisotopic (exact) mass is 215 g/mol. The van der Waals surface area contributed by atoms with E-state index in [1.165, 1.54) is 0 Å². The Kier molecular flexibility index (Phi) is 3.73. The minimum atomic E-state index is -1.17. The summed E-state index contributed by atoms with van der Waals surface area (Å²) in [5.74, 6) is 0. The first kappa shape index (κ1) is 10.8. The lowest BCUT2D eigenvalue weighted by molar-refractivity contribution is 0.159. The maximum absolute atomic E-state index is 10.2. The number of halogens is 1. The number of aliphatic hydroxyl groups is 1. The summed E-state index contributed by atoms with van der Waals surface area (Å²) in [6.45, 7) is -0.0704. The van der Waals surface area contributed by atoms with E-state index in [4.69, 9.17) is 16.7 Å². The van der Waals surface area contributed by atoms with Crippen molar-refractivity contribution < 1.29 is 15.0 Å². The van der Waals surface area contributed by atoms with E-state index in [0.717, 1.165) is 0 Å². The van der Waals surface area contributed by atoms with Crippen LogP contribution in [0.1, 0.15) is 11.7 Å². The number of amides is 1. The third-order valence-corrected chi connectivity index (χ3v) is 2.06. The van der Waals surface area contributed by atoms with E-state index in [-0.39, 0.29) is 6.54 Å². The highest BCUT2D eigenvalue weighted by molar-refractivity contribution is 6.31. The van der Waals surface area contributed by atoms with Crippen LogP contribution in [0.3, 0.4) is 0 Å². The Morgan fingerprint density at radius 3 is 2.71 bits per heavy atom. The molecule has 14 heavy (non-hydrogen) atoms. The largest absolute Gasteiger partial charge is 0.465 e. The molecule has 0 saturated heterocycles. The minimum absolute atomic E-state index is 0.0704. The van der Waals surface area contributed by atoms with Crippen LogP contribution in [0.5, 0.6) is 0 Å². The van der Waals surface area contributed by atoms with E-state index in [0.29, 0.717) is 10.6 Å². The Morgan fingerprint density at radius 1 is 1.50 bits per heavy atom. The Bertz CT molecular complexity index is 330. The van der Waals surface area contributed by atoms with Gasteiger partial charge >= 0.3 is 6.09 Å². The van der Waals surface area contributed by atoms with E-state index in [2.05, 4.69) is 5.32 Å². The molecule has 1 atom stereocenters. The van der Waals surface area contributed by atoms with Crippen molar-refractivity contribution in [2.45, 2.75) is 6.10 Å². The van der Waals surface area contributed by atoms with Gasteiger partial charge in [0.25, 0.3) is 0 Å². The van der Waals surface area contributed by atoms with E-state index >= 15 is 0 Å². The van der Waals surface area contributed by atoms with Gasteiger partial charge in [0.15, 0.2) is 0 Å². The number of benzene rings is 1. The van der Waals surface area contributed by atoms with Crippen molar-refractivity contribution in [3.63, 3.8) is 0 Å². The first-order chi connectivity index (χ1) is 6.61. The molecule has 4 nitrogen and oxygen atoms in total.